The highest BCUT2D eigenvalue weighted by Gasteiger charge is 2.38. The fraction of sp³-hybridized carbons (Fsp3) is 0.357. The Balaban J connectivity index is 2.19. The molecule has 2 rings (SSSR count). The van der Waals surface area contributed by atoms with Gasteiger partial charge in [0.1, 0.15) is 0 Å². The fourth-order valence-corrected chi connectivity index (χ4v) is 1.75. The van der Waals surface area contributed by atoms with E-state index in [0.29, 0.717) is 17.5 Å². The molecule has 1 aromatic carbocycles. The number of ketones is 1. The SMILES string of the molecule is CC(C)CC(=O)c1ccc(-c2noc(C(F)(F)F)n2)cc1. The number of carbonyl (C=O) groups excluding carboxylic acids is 1. The normalized spacial score (nSPS) is 11.9. The van der Waals surface area contributed by atoms with Gasteiger partial charge in [-0.15, -0.1) is 0 Å². The van der Waals surface area contributed by atoms with Crippen LogP contribution in [0.1, 0.15) is 36.5 Å². The van der Waals surface area contributed by atoms with Crippen LogP contribution >= 0.6 is 0 Å². The number of benzene rings is 1. The molecular formula is C14H13F3N2O2. The zero-order valence-corrected chi connectivity index (χ0v) is 11.4. The predicted molar refractivity (Wildman–Crippen MR) is 68.5 cm³/mol. The number of hydrogen-bond acceptors (Lipinski definition) is 4. The topological polar surface area (TPSA) is 56.0 Å². The molecule has 1 aromatic heterocycles. The smallest absolute Gasteiger partial charge is 0.329 e. The van der Waals surface area contributed by atoms with Gasteiger partial charge in [-0.1, -0.05) is 43.3 Å². The Labute approximate surface area is 119 Å². The van der Waals surface area contributed by atoms with Crippen molar-refractivity contribution in [1.82, 2.24) is 10.1 Å². The molecule has 0 fully saturated rings. The Morgan fingerprint density at radius 2 is 1.86 bits per heavy atom. The maximum atomic E-state index is 12.4. The van der Waals surface area contributed by atoms with Gasteiger partial charge >= 0.3 is 12.1 Å². The zero-order chi connectivity index (χ0) is 15.6. The second-order valence-corrected chi connectivity index (χ2v) is 5.02. The first kappa shape index (κ1) is 15.2. The number of carbonyl (C=O) groups is 1. The molecule has 0 bridgehead atoms. The predicted octanol–water partition coefficient (Wildman–Crippen LogP) is 3.98. The Hall–Kier alpha value is -2.18. The summed E-state index contributed by atoms with van der Waals surface area (Å²) in [6, 6.07) is 6.09. The first-order chi connectivity index (χ1) is 9.77. The van der Waals surface area contributed by atoms with Crippen molar-refractivity contribution in [1.29, 1.82) is 0 Å². The molecule has 0 atom stereocenters. The molecule has 4 nitrogen and oxygen atoms in total. The number of alkyl halides is 3. The molecule has 1 heterocycles. The lowest BCUT2D eigenvalue weighted by Crippen LogP contribution is -2.05. The highest BCUT2D eigenvalue weighted by molar-refractivity contribution is 5.96. The van der Waals surface area contributed by atoms with E-state index in [1.165, 1.54) is 12.1 Å². The lowest BCUT2D eigenvalue weighted by Gasteiger charge is -2.04. The summed E-state index contributed by atoms with van der Waals surface area (Å²) in [4.78, 5) is 15.1. The molecule has 0 aliphatic heterocycles. The van der Waals surface area contributed by atoms with Gasteiger partial charge in [0.2, 0.25) is 5.82 Å². The minimum Gasteiger partial charge on any atom is -0.329 e. The minimum atomic E-state index is -4.67. The van der Waals surface area contributed by atoms with Gasteiger partial charge < -0.3 is 4.52 Å². The summed E-state index contributed by atoms with van der Waals surface area (Å²) in [6.07, 6.45) is -4.25. The van der Waals surface area contributed by atoms with Crippen LogP contribution in [0.25, 0.3) is 11.4 Å². The molecule has 0 aliphatic carbocycles. The average Bonchev–Trinajstić information content (AvgIpc) is 2.87. The largest absolute Gasteiger partial charge is 0.471 e. The molecule has 0 N–H and O–H groups in total. The van der Waals surface area contributed by atoms with Crippen molar-refractivity contribution >= 4 is 5.78 Å². The van der Waals surface area contributed by atoms with Crippen LogP contribution in [0.2, 0.25) is 0 Å². The van der Waals surface area contributed by atoms with E-state index in [1.807, 2.05) is 13.8 Å². The number of hydrogen-bond donors (Lipinski definition) is 0. The quantitative estimate of drug-likeness (QED) is 0.801. The van der Waals surface area contributed by atoms with Crippen molar-refractivity contribution in [3.63, 3.8) is 0 Å². The lowest BCUT2D eigenvalue weighted by molar-refractivity contribution is -0.159. The number of halogens is 3. The Morgan fingerprint density at radius 3 is 2.33 bits per heavy atom. The van der Waals surface area contributed by atoms with Gasteiger partial charge in [0.15, 0.2) is 5.78 Å². The lowest BCUT2D eigenvalue weighted by atomic mass is 10.0. The third kappa shape index (κ3) is 3.68. The van der Waals surface area contributed by atoms with Crippen LogP contribution in [0, 0.1) is 5.92 Å². The van der Waals surface area contributed by atoms with E-state index < -0.39 is 12.1 Å². The number of Topliss-reactive ketones (excluding diaryl/α,β-unsaturated/α-hetero) is 1. The third-order valence-electron chi connectivity index (χ3n) is 2.73. The van der Waals surface area contributed by atoms with Crippen LogP contribution in [0.4, 0.5) is 13.2 Å². The molecule has 2 aromatic rings. The first-order valence-electron chi connectivity index (χ1n) is 6.32. The summed E-state index contributed by atoms with van der Waals surface area (Å²) in [6.45, 7) is 3.87. The van der Waals surface area contributed by atoms with Crippen LogP contribution in [-0.4, -0.2) is 15.9 Å². The zero-order valence-electron chi connectivity index (χ0n) is 11.4. The molecule has 0 aliphatic rings. The fourth-order valence-electron chi connectivity index (χ4n) is 1.75. The molecule has 7 heteroatoms. The van der Waals surface area contributed by atoms with Gasteiger partial charge in [-0.2, -0.15) is 18.2 Å². The highest BCUT2D eigenvalue weighted by Crippen LogP contribution is 2.29. The molecule has 0 saturated carbocycles. The molecule has 0 saturated heterocycles. The standard InChI is InChI=1S/C14H13F3N2O2/c1-8(2)7-11(20)9-3-5-10(6-4-9)12-18-13(21-19-12)14(15,16)17/h3-6,8H,7H2,1-2H3. The third-order valence-corrected chi connectivity index (χ3v) is 2.73. The monoisotopic (exact) mass is 298 g/mol. The molecule has 21 heavy (non-hydrogen) atoms. The van der Waals surface area contributed by atoms with E-state index >= 15 is 0 Å². The Kier molecular flexibility index (Phi) is 4.11. The van der Waals surface area contributed by atoms with Crippen LogP contribution in [0.5, 0.6) is 0 Å². The second kappa shape index (κ2) is 5.67. The van der Waals surface area contributed by atoms with Crippen molar-refractivity contribution in [2.75, 3.05) is 0 Å². The van der Waals surface area contributed by atoms with Crippen LogP contribution in [0.3, 0.4) is 0 Å². The van der Waals surface area contributed by atoms with Gasteiger partial charge in [-0.3, -0.25) is 4.79 Å². The molecule has 0 radical (unpaired) electrons. The molecule has 0 unspecified atom stereocenters. The summed E-state index contributed by atoms with van der Waals surface area (Å²) >= 11 is 0. The van der Waals surface area contributed by atoms with Gasteiger partial charge in [0.05, 0.1) is 0 Å². The van der Waals surface area contributed by atoms with Crippen molar-refractivity contribution < 1.29 is 22.5 Å². The molecule has 0 spiro atoms. The van der Waals surface area contributed by atoms with E-state index in [0.717, 1.165) is 0 Å². The number of rotatable bonds is 4. The van der Waals surface area contributed by atoms with Gasteiger partial charge in [0, 0.05) is 17.5 Å². The maximum Gasteiger partial charge on any atom is 0.471 e. The van der Waals surface area contributed by atoms with Gasteiger partial charge in [-0.05, 0) is 5.92 Å². The Morgan fingerprint density at radius 1 is 1.24 bits per heavy atom. The molecule has 0 amide bonds. The summed E-state index contributed by atoms with van der Waals surface area (Å²) < 4.78 is 41.3. The maximum absolute atomic E-state index is 12.4. The summed E-state index contributed by atoms with van der Waals surface area (Å²) in [5.74, 6) is -1.33. The van der Waals surface area contributed by atoms with Crippen LogP contribution in [0.15, 0.2) is 28.8 Å². The molecular weight excluding hydrogens is 285 g/mol. The van der Waals surface area contributed by atoms with E-state index in [-0.39, 0.29) is 17.5 Å². The van der Waals surface area contributed by atoms with Gasteiger partial charge in [-0.25, -0.2) is 0 Å². The number of aromatic nitrogens is 2. The van der Waals surface area contributed by atoms with E-state index in [2.05, 4.69) is 14.7 Å². The second-order valence-electron chi connectivity index (χ2n) is 5.02. The van der Waals surface area contributed by atoms with E-state index in [4.69, 9.17) is 0 Å². The minimum absolute atomic E-state index is 0.0133. The Bertz CT molecular complexity index is 630. The summed E-state index contributed by atoms with van der Waals surface area (Å²) in [5.41, 5.74) is 0.863. The van der Waals surface area contributed by atoms with E-state index in [9.17, 15) is 18.0 Å². The van der Waals surface area contributed by atoms with Crippen molar-refractivity contribution in [3.05, 3.63) is 35.7 Å². The van der Waals surface area contributed by atoms with Crippen molar-refractivity contribution in [3.8, 4) is 11.4 Å². The van der Waals surface area contributed by atoms with Crippen LogP contribution in [-0.2, 0) is 6.18 Å². The average molecular weight is 298 g/mol. The highest BCUT2D eigenvalue weighted by atomic mass is 19.4. The first-order valence-corrected chi connectivity index (χ1v) is 6.32. The molecule has 112 valence electrons. The summed E-state index contributed by atoms with van der Waals surface area (Å²) in [5, 5.41) is 3.28. The van der Waals surface area contributed by atoms with Crippen molar-refractivity contribution in [2.45, 2.75) is 26.4 Å². The van der Waals surface area contributed by atoms with Gasteiger partial charge in [0.25, 0.3) is 0 Å². The summed E-state index contributed by atoms with van der Waals surface area (Å²) in [7, 11) is 0. The van der Waals surface area contributed by atoms with Crippen LogP contribution < -0.4 is 0 Å². The van der Waals surface area contributed by atoms with Crippen molar-refractivity contribution in [2.24, 2.45) is 5.92 Å². The number of nitrogens with zero attached hydrogens (tertiary/aromatic N) is 2. The van der Waals surface area contributed by atoms with E-state index in [1.54, 1.807) is 12.1 Å².